The first-order valence-electron chi connectivity index (χ1n) is 4.94. The van der Waals surface area contributed by atoms with E-state index in [0.717, 1.165) is 6.07 Å². The van der Waals surface area contributed by atoms with Crippen LogP contribution in [0.4, 0.5) is 10.1 Å². The predicted molar refractivity (Wildman–Crippen MR) is 59.6 cm³/mol. The number of nitrogens with two attached hydrogens (primary N) is 1. The van der Waals surface area contributed by atoms with Gasteiger partial charge in [0.25, 0.3) is 0 Å². The zero-order chi connectivity index (χ0) is 12.7. The van der Waals surface area contributed by atoms with Crippen LogP contribution in [-0.2, 0) is 9.53 Å². The first kappa shape index (κ1) is 13.1. The summed E-state index contributed by atoms with van der Waals surface area (Å²) in [7, 11) is 0. The highest BCUT2D eigenvalue weighted by molar-refractivity contribution is 5.91. The topological polar surface area (TPSA) is 88.1 Å². The summed E-state index contributed by atoms with van der Waals surface area (Å²) in [4.78, 5) is 11.3. The molecule has 0 saturated heterocycles. The molecule has 1 rings (SSSR count). The number of anilines is 1. The molecule has 0 spiro atoms. The fourth-order valence-electron chi connectivity index (χ4n) is 1.13. The molecule has 17 heavy (non-hydrogen) atoms. The number of hydrogen-bond acceptors (Lipinski definition) is 4. The van der Waals surface area contributed by atoms with Crippen LogP contribution in [0.1, 0.15) is 5.56 Å². The van der Waals surface area contributed by atoms with Gasteiger partial charge in [0.1, 0.15) is 18.5 Å². The van der Waals surface area contributed by atoms with Crippen LogP contribution in [0.5, 0.6) is 0 Å². The van der Waals surface area contributed by atoms with Crippen molar-refractivity contribution in [1.82, 2.24) is 0 Å². The van der Waals surface area contributed by atoms with E-state index in [2.05, 4.69) is 5.32 Å². The zero-order valence-electron chi connectivity index (χ0n) is 9.07. The molecule has 1 amide bonds. The van der Waals surface area contributed by atoms with Crippen molar-refractivity contribution in [3.05, 3.63) is 29.6 Å². The van der Waals surface area contributed by atoms with E-state index in [9.17, 15) is 9.18 Å². The van der Waals surface area contributed by atoms with E-state index in [4.69, 9.17) is 15.7 Å². The number of hydrogen-bond donors (Lipinski definition) is 2. The second-order valence-electron chi connectivity index (χ2n) is 3.20. The summed E-state index contributed by atoms with van der Waals surface area (Å²) in [6.07, 6.45) is 0. The van der Waals surface area contributed by atoms with Crippen LogP contribution in [0.25, 0.3) is 0 Å². The van der Waals surface area contributed by atoms with Crippen molar-refractivity contribution in [2.24, 2.45) is 5.73 Å². The molecule has 90 valence electrons. The van der Waals surface area contributed by atoms with Gasteiger partial charge < -0.3 is 15.8 Å². The third kappa shape index (κ3) is 4.18. The van der Waals surface area contributed by atoms with E-state index in [1.165, 1.54) is 12.1 Å². The summed E-state index contributed by atoms with van der Waals surface area (Å²) in [6.45, 7) is 0.499. The molecule has 0 aliphatic rings. The van der Waals surface area contributed by atoms with Crippen molar-refractivity contribution >= 4 is 11.6 Å². The molecule has 1 aromatic carbocycles. The van der Waals surface area contributed by atoms with Crippen molar-refractivity contribution in [2.45, 2.75) is 0 Å². The standard InChI is InChI=1S/C11H12FN3O2/c12-10-2-1-9(5-8(10)6-14)15-11(16)7-17-4-3-13/h1-2,5H,3-4,7,13H2,(H,15,16). The van der Waals surface area contributed by atoms with Crippen LogP contribution in [0, 0.1) is 17.1 Å². The maximum absolute atomic E-state index is 13.0. The number of carbonyl (C=O) groups is 1. The summed E-state index contributed by atoms with van der Waals surface area (Å²) in [5.41, 5.74) is 5.42. The molecule has 0 heterocycles. The van der Waals surface area contributed by atoms with Crippen molar-refractivity contribution in [2.75, 3.05) is 25.1 Å². The highest BCUT2D eigenvalue weighted by Gasteiger charge is 2.06. The molecule has 0 atom stereocenters. The Morgan fingerprint density at radius 3 is 3.00 bits per heavy atom. The summed E-state index contributed by atoms with van der Waals surface area (Å²) in [5, 5.41) is 11.1. The summed E-state index contributed by atoms with van der Waals surface area (Å²) in [5.74, 6) is -1.00. The maximum atomic E-state index is 13.0. The van der Waals surface area contributed by atoms with Gasteiger partial charge in [-0.2, -0.15) is 5.26 Å². The van der Waals surface area contributed by atoms with Crippen LogP contribution in [0.3, 0.4) is 0 Å². The fraction of sp³-hybridized carbons (Fsp3) is 0.273. The summed E-state index contributed by atoms with van der Waals surface area (Å²) < 4.78 is 17.9. The maximum Gasteiger partial charge on any atom is 0.250 e. The molecule has 0 aromatic heterocycles. The second kappa shape index (κ2) is 6.58. The average Bonchev–Trinajstić information content (AvgIpc) is 2.32. The SMILES string of the molecule is N#Cc1cc(NC(=O)COCCN)ccc1F. The summed E-state index contributed by atoms with van der Waals surface area (Å²) >= 11 is 0. The molecule has 0 aliphatic heterocycles. The fourth-order valence-corrected chi connectivity index (χ4v) is 1.13. The van der Waals surface area contributed by atoms with E-state index >= 15 is 0 Å². The minimum Gasteiger partial charge on any atom is -0.370 e. The minimum atomic E-state index is -0.620. The van der Waals surface area contributed by atoms with E-state index in [1.54, 1.807) is 6.07 Å². The number of rotatable bonds is 5. The lowest BCUT2D eigenvalue weighted by atomic mass is 10.2. The monoisotopic (exact) mass is 237 g/mol. The van der Waals surface area contributed by atoms with E-state index in [1.807, 2.05) is 0 Å². The van der Waals surface area contributed by atoms with Gasteiger partial charge in [-0.1, -0.05) is 0 Å². The largest absolute Gasteiger partial charge is 0.370 e. The first-order valence-corrected chi connectivity index (χ1v) is 4.94. The third-order valence-electron chi connectivity index (χ3n) is 1.87. The zero-order valence-corrected chi connectivity index (χ0v) is 9.07. The number of nitriles is 1. The molecule has 0 saturated carbocycles. The Morgan fingerprint density at radius 2 is 2.35 bits per heavy atom. The number of carbonyl (C=O) groups excluding carboxylic acids is 1. The minimum absolute atomic E-state index is 0.120. The lowest BCUT2D eigenvalue weighted by molar-refractivity contribution is -0.120. The molecule has 5 nitrogen and oxygen atoms in total. The first-order chi connectivity index (χ1) is 8.17. The normalized spacial score (nSPS) is 9.71. The Balaban J connectivity index is 2.57. The molecule has 0 radical (unpaired) electrons. The lowest BCUT2D eigenvalue weighted by Crippen LogP contribution is -2.20. The molecule has 0 bridgehead atoms. The molecule has 0 aliphatic carbocycles. The molecular weight excluding hydrogens is 225 g/mol. The number of nitrogens with one attached hydrogen (secondary N) is 1. The number of amides is 1. The second-order valence-corrected chi connectivity index (χ2v) is 3.20. The van der Waals surface area contributed by atoms with Gasteiger partial charge in [-0.25, -0.2) is 4.39 Å². The van der Waals surface area contributed by atoms with Gasteiger partial charge in [0.15, 0.2) is 0 Å². The van der Waals surface area contributed by atoms with Crippen LogP contribution < -0.4 is 11.1 Å². The molecule has 6 heteroatoms. The van der Waals surface area contributed by atoms with Crippen molar-refractivity contribution in [3.8, 4) is 6.07 Å². The van der Waals surface area contributed by atoms with Crippen LogP contribution in [0.2, 0.25) is 0 Å². The Morgan fingerprint density at radius 1 is 1.59 bits per heavy atom. The Hall–Kier alpha value is -1.97. The predicted octanol–water partition coefficient (Wildman–Crippen LogP) is 0.611. The molecule has 1 aromatic rings. The van der Waals surface area contributed by atoms with Crippen molar-refractivity contribution < 1.29 is 13.9 Å². The van der Waals surface area contributed by atoms with Crippen molar-refractivity contribution in [3.63, 3.8) is 0 Å². The van der Waals surface area contributed by atoms with Crippen LogP contribution in [0.15, 0.2) is 18.2 Å². The van der Waals surface area contributed by atoms with Gasteiger partial charge in [0.2, 0.25) is 5.91 Å². The molecule has 0 unspecified atom stereocenters. The Labute approximate surface area is 98.0 Å². The number of benzene rings is 1. The number of nitrogens with zero attached hydrogens (tertiary/aromatic N) is 1. The molecule has 3 N–H and O–H groups in total. The van der Waals surface area contributed by atoms with Gasteiger partial charge in [0.05, 0.1) is 12.2 Å². The Bertz CT molecular complexity index is 443. The smallest absolute Gasteiger partial charge is 0.250 e. The molecular formula is C11H12FN3O2. The van der Waals surface area contributed by atoms with E-state index in [-0.39, 0.29) is 18.1 Å². The van der Waals surface area contributed by atoms with Gasteiger partial charge in [-0.15, -0.1) is 0 Å². The van der Waals surface area contributed by atoms with Crippen LogP contribution in [-0.4, -0.2) is 25.7 Å². The van der Waals surface area contributed by atoms with Gasteiger partial charge >= 0.3 is 0 Å². The Kier molecular flexibility index (Phi) is 5.07. The van der Waals surface area contributed by atoms with Gasteiger partial charge in [-0.05, 0) is 18.2 Å². The van der Waals surface area contributed by atoms with E-state index < -0.39 is 5.82 Å². The van der Waals surface area contributed by atoms with E-state index in [0.29, 0.717) is 18.8 Å². The van der Waals surface area contributed by atoms with Crippen LogP contribution >= 0.6 is 0 Å². The van der Waals surface area contributed by atoms with Gasteiger partial charge in [0, 0.05) is 12.2 Å². The van der Waals surface area contributed by atoms with Gasteiger partial charge in [-0.3, -0.25) is 4.79 Å². The highest BCUT2D eigenvalue weighted by Crippen LogP contribution is 2.13. The average molecular weight is 237 g/mol. The highest BCUT2D eigenvalue weighted by atomic mass is 19.1. The number of ether oxygens (including phenoxy) is 1. The van der Waals surface area contributed by atoms with Crippen molar-refractivity contribution in [1.29, 1.82) is 5.26 Å². The quantitative estimate of drug-likeness (QED) is 0.734. The third-order valence-corrected chi connectivity index (χ3v) is 1.87. The molecule has 0 fully saturated rings. The summed E-state index contributed by atoms with van der Waals surface area (Å²) in [6, 6.07) is 5.44. The number of halogens is 1. The lowest BCUT2D eigenvalue weighted by Gasteiger charge is -2.06.